The lowest BCUT2D eigenvalue weighted by Crippen LogP contribution is -1.99. The topological polar surface area (TPSA) is 17.1 Å². The second-order valence-corrected chi connectivity index (χ2v) is 2.77. The van der Waals surface area contributed by atoms with Gasteiger partial charge < -0.3 is 0 Å². The molecule has 0 saturated carbocycles. The van der Waals surface area contributed by atoms with Crippen molar-refractivity contribution in [1.29, 1.82) is 0 Å². The fourth-order valence-corrected chi connectivity index (χ4v) is 0.738. The van der Waals surface area contributed by atoms with Crippen LogP contribution in [0.15, 0.2) is 24.8 Å². The molecule has 0 fully saturated rings. The number of rotatable bonds is 4. The maximum Gasteiger partial charge on any atom is 0.180 e. The zero-order valence-electron chi connectivity index (χ0n) is 6.68. The first kappa shape index (κ1) is 9.15. The van der Waals surface area contributed by atoms with E-state index in [2.05, 4.69) is 27.0 Å². The van der Waals surface area contributed by atoms with Crippen molar-refractivity contribution in [2.75, 3.05) is 0 Å². The third kappa shape index (κ3) is 3.23. The van der Waals surface area contributed by atoms with Crippen LogP contribution in [0.2, 0.25) is 0 Å². The first-order valence-corrected chi connectivity index (χ1v) is 3.42. The molecule has 0 aliphatic rings. The molecule has 1 nitrogen and oxygen atoms in total. The van der Waals surface area contributed by atoms with Gasteiger partial charge in [0.2, 0.25) is 0 Å². The molecule has 0 aliphatic carbocycles. The molecule has 0 aromatic carbocycles. The molecule has 0 aromatic heterocycles. The fourth-order valence-electron chi connectivity index (χ4n) is 0.738. The molecule has 0 aliphatic heterocycles. The third-order valence-electron chi connectivity index (χ3n) is 1.19. The predicted octanol–water partition coefficient (Wildman–Crippen LogP) is 2.34. The molecule has 10 heavy (non-hydrogen) atoms. The summed E-state index contributed by atoms with van der Waals surface area (Å²) in [6.45, 7) is 11.1. The zero-order chi connectivity index (χ0) is 8.15. The number of allylic oxidation sites excluding steroid dienone is 2. The highest BCUT2D eigenvalue weighted by Gasteiger charge is 2.03. The Balaban J connectivity index is 3.85. The zero-order valence-corrected chi connectivity index (χ0v) is 6.68. The van der Waals surface area contributed by atoms with Crippen LogP contribution in [0.25, 0.3) is 0 Å². The molecule has 0 amide bonds. The molecular weight excluding hydrogens is 124 g/mol. The van der Waals surface area contributed by atoms with Crippen molar-refractivity contribution in [1.82, 2.24) is 0 Å². The van der Waals surface area contributed by atoms with Gasteiger partial charge in [0.15, 0.2) is 5.78 Å². The number of ketones is 1. The molecule has 0 radical (unpaired) electrons. The van der Waals surface area contributed by atoms with Crippen LogP contribution in [0.4, 0.5) is 0 Å². The van der Waals surface area contributed by atoms with Crippen LogP contribution < -0.4 is 0 Å². The molecule has 56 valence electrons. The summed E-state index contributed by atoms with van der Waals surface area (Å²) in [4.78, 5) is 10.8. The summed E-state index contributed by atoms with van der Waals surface area (Å²) in [5.41, 5.74) is 0.657. The molecule has 0 bridgehead atoms. The Hall–Kier alpha value is -0.850. The van der Waals surface area contributed by atoms with Gasteiger partial charge in [0, 0.05) is 0 Å². The summed E-state index contributed by atoms with van der Waals surface area (Å²) in [7, 11) is 0. The first-order valence-electron chi connectivity index (χ1n) is 3.42. The van der Waals surface area contributed by atoms with E-state index >= 15 is 0 Å². The second-order valence-electron chi connectivity index (χ2n) is 2.77. The van der Waals surface area contributed by atoms with E-state index in [9.17, 15) is 4.79 Å². The molecule has 0 unspecified atom stereocenters. The minimum absolute atomic E-state index is 0.0336. The summed E-state index contributed by atoms with van der Waals surface area (Å²) in [5.74, 6) is 0.463. The highest BCUT2D eigenvalue weighted by Crippen LogP contribution is 2.09. The van der Waals surface area contributed by atoms with Crippen LogP contribution in [0.1, 0.15) is 20.3 Å². The summed E-state index contributed by atoms with van der Waals surface area (Å²) in [5, 5.41) is 0. The number of carbonyl (C=O) groups excluding carboxylic acids is 1. The summed E-state index contributed by atoms with van der Waals surface area (Å²) < 4.78 is 0. The normalized spacial score (nSPS) is 9.50. The highest BCUT2D eigenvalue weighted by molar-refractivity contribution is 6.02. The molecule has 1 heteroatoms. The summed E-state index contributed by atoms with van der Waals surface area (Å²) in [6.07, 6.45) is 2.08. The Morgan fingerprint density at radius 1 is 1.60 bits per heavy atom. The van der Waals surface area contributed by atoms with Crippen molar-refractivity contribution in [3.8, 4) is 0 Å². The molecule has 0 spiro atoms. The Bertz CT molecular complexity index is 154. The van der Waals surface area contributed by atoms with Gasteiger partial charge in [0.25, 0.3) is 0 Å². The molecule has 0 heterocycles. The maximum atomic E-state index is 10.8. The van der Waals surface area contributed by atoms with Gasteiger partial charge in [-0.15, -0.1) is 0 Å². The molecule has 0 rings (SSSR count). The van der Waals surface area contributed by atoms with Crippen molar-refractivity contribution in [2.45, 2.75) is 20.3 Å². The van der Waals surface area contributed by atoms with Crippen LogP contribution in [-0.2, 0) is 4.79 Å². The number of hydrogen-bond acceptors (Lipinski definition) is 1. The van der Waals surface area contributed by atoms with E-state index in [-0.39, 0.29) is 5.78 Å². The van der Waals surface area contributed by atoms with Gasteiger partial charge in [-0.25, -0.2) is 0 Å². The average molecular weight is 138 g/mol. The van der Waals surface area contributed by atoms with E-state index in [1.165, 1.54) is 6.08 Å². The van der Waals surface area contributed by atoms with Crippen LogP contribution in [0, 0.1) is 5.92 Å². The lowest BCUT2D eigenvalue weighted by molar-refractivity contribution is -0.111. The number of hydrogen-bond donors (Lipinski definition) is 0. The smallest absolute Gasteiger partial charge is 0.180 e. The Labute approximate surface area is 62.4 Å². The Morgan fingerprint density at radius 2 is 2.10 bits per heavy atom. The molecule has 0 N–H and O–H groups in total. The molecule has 0 saturated heterocycles. The summed E-state index contributed by atoms with van der Waals surface area (Å²) >= 11 is 0. The van der Waals surface area contributed by atoms with Crippen LogP contribution in [0.3, 0.4) is 0 Å². The number of carbonyl (C=O) groups is 1. The third-order valence-corrected chi connectivity index (χ3v) is 1.19. The van der Waals surface area contributed by atoms with Gasteiger partial charge in [0.1, 0.15) is 0 Å². The lowest BCUT2D eigenvalue weighted by atomic mass is 10.0. The largest absolute Gasteiger partial charge is 0.290 e. The van der Waals surface area contributed by atoms with Gasteiger partial charge >= 0.3 is 0 Å². The van der Waals surface area contributed by atoms with Crippen molar-refractivity contribution in [2.24, 2.45) is 5.92 Å². The Morgan fingerprint density at radius 3 is 2.40 bits per heavy atom. The highest BCUT2D eigenvalue weighted by atomic mass is 16.1. The van der Waals surface area contributed by atoms with E-state index in [4.69, 9.17) is 0 Å². The average Bonchev–Trinajstić information content (AvgIpc) is 1.85. The van der Waals surface area contributed by atoms with E-state index in [0.717, 1.165) is 6.42 Å². The van der Waals surface area contributed by atoms with Crippen molar-refractivity contribution < 1.29 is 4.79 Å². The van der Waals surface area contributed by atoms with Crippen molar-refractivity contribution in [3.05, 3.63) is 24.8 Å². The maximum absolute atomic E-state index is 10.8. The molecular formula is C9H14O. The standard InChI is InChI=1S/C9H14O/c1-5-9(10)8(4)6-7(2)3/h5,7H,1,4,6H2,2-3H3. The summed E-state index contributed by atoms with van der Waals surface area (Å²) in [6, 6.07) is 0. The van der Waals surface area contributed by atoms with Crippen molar-refractivity contribution >= 4 is 5.78 Å². The van der Waals surface area contributed by atoms with Crippen LogP contribution >= 0.6 is 0 Å². The molecule has 0 aromatic rings. The van der Waals surface area contributed by atoms with Gasteiger partial charge in [-0.2, -0.15) is 0 Å². The minimum atomic E-state index is -0.0336. The van der Waals surface area contributed by atoms with E-state index in [1.807, 2.05) is 0 Å². The van der Waals surface area contributed by atoms with Crippen LogP contribution in [0.5, 0.6) is 0 Å². The van der Waals surface area contributed by atoms with E-state index < -0.39 is 0 Å². The minimum Gasteiger partial charge on any atom is -0.290 e. The fraction of sp³-hybridized carbons (Fsp3) is 0.444. The van der Waals surface area contributed by atoms with E-state index in [0.29, 0.717) is 11.5 Å². The first-order chi connectivity index (χ1) is 4.57. The SMILES string of the molecule is C=CC(=O)C(=C)CC(C)C. The van der Waals surface area contributed by atoms with Gasteiger partial charge in [-0.05, 0) is 24.0 Å². The van der Waals surface area contributed by atoms with Crippen LogP contribution in [-0.4, -0.2) is 5.78 Å². The molecule has 0 atom stereocenters. The van der Waals surface area contributed by atoms with Gasteiger partial charge in [-0.1, -0.05) is 27.0 Å². The Kier molecular flexibility index (Phi) is 3.70. The van der Waals surface area contributed by atoms with Gasteiger partial charge in [0.05, 0.1) is 0 Å². The lowest BCUT2D eigenvalue weighted by Gasteiger charge is -2.03. The quantitative estimate of drug-likeness (QED) is 0.545. The monoisotopic (exact) mass is 138 g/mol. The van der Waals surface area contributed by atoms with E-state index in [1.54, 1.807) is 0 Å². The predicted molar refractivity (Wildman–Crippen MR) is 43.8 cm³/mol. The van der Waals surface area contributed by atoms with Gasteiger partial charge in [-0.3, -0.25) is 4.79 Å². The second kappa shape index (κ2) is 4.04. The van der Waals surface area contributed by atoms with Crippen molar-refractivity contribution in [3.63, 3.8) is 0 Å².